The van der Waals surface area contributed by atoms with Crippen LogP contribution >= 0.6 is 22.7 Å². The second-order valence-electron chi connectivity index (χ2n) is 11.6. The van der Waals surface area contributed by atoms with Crippen LogP contribution in [0.4, 0.5) is 0 Å². The SMILES string of the molecule is c1ccc2cc3c(cc2c1)sc1c2cc4ccc(-c5ccc(-c6ccc(-c7cc8ccccc8o7)cn6)cc5)cc4cc2sc31. The molecule has 0 saturated heterocycles. The molecule has 0 radical (unpaired) electrons. The van der Waals surface area contributed by atoms with Gasteiger partial charge in [-0.2, -0.15) is 0 Å². The summed E-state index contributed by atoms with van der Waals surface area (Å²) in [4.78, 5) is 4.76. The lowest BCUT2D eigenvalue weighted by atomic mass is 9.99. The number of para-hydroxylation sites is 1. The maximum absolute atomic E-state index is 6.02. The second kappa shape index (κ2) is 9.60. The van der Waals surface area contributed by atoms with E-state index in [0.29, 0.717) is 0 Å². The van der Waals surface area contributed by atoms with Gasteiger partial charge in [-0.1, -0.05) is 78.9 Å². The molecule has 4 heterocycles. The smallest absolute Gasteiger partial charge is 0.136 e. The van der Waals surface area contributed by atoms with E-state index in [1.807, 2.05) is 47.1 Å². The summed E-state index contributed by atoms with van der Waals surface area (Å²) in [5.41, 5.74) is 6.32. The number of nitrogens with zero attached hydrogens (tertiary/aromatic N) is 1. The fourth-order valence-corrected chi connectivity index (χ4v) is 9.23. The van der Waals surface area contributed by atoms with E-state index in [1.165, 1.54) is 62.2 Å². The molecular formula is C41H23NOS2. The normalized spacial score (nSPS) is 12.0. The molecule has 0 N–H and O–H groups in total. The summed E-state index contributed by atoms with van der Waals surface area (Å²) in [5.74, 6) is 0.837. The lowest BCUT2D eigenvalue weighted by Crippen LogP contribution is -1.85. The van der Waals surface area contributed by atoms with Gasteiger partial charge in [-0.15, -0.1) is 22.7 Å². The van der Waals surface area contributed by atoms with E-state index in [0.717, 1.165) is 33.6 Å². The molecule has 0 aliphatic carbocycles. The van der Waals surface area contributed by atoms with Crippen LogP contribution in [0.1, 0.15) is 0 Å². The maximum Gasteiger partial charge on any atom is 0.136 e. The van der Waals surface area contributed by atoms with Crippen LogP contribution in [0.2, 0.25) is 0 Å². The second-order valence-corrected chi connectivity index (χ2v) is 13.7. The molecule has 0 aliphatic rings. The van der Waals surface area contributed by atoms with Gasteiger partial charge in [0, 0.05) is 42.9 Å². The van der Waals surface area contributed by atoms with E-state index in [2.05, 4.69) is 115 Å². The Bertz CT molecular complexity index is 2710. The molecule has 2 nitrogen and oxygen atoms in total. The van der Waals surface area contributed by atoms with Gasteiger partial charge >= 0.3 is 0 Å². The summed E-state index contributed by atoms with van der Waals surface area (Å²) >= 11 is 3.84. The molecule has 0 saturated carbocycles. The molecule has 10 rings (SSSR count). The molecule has 0 amide bonds. The van der Waals surface area contributed by atoms with Gasteiger partial charge < -0.3 is 4.42 Å². The van der Waals surface area contributed by atoms with E-state index >= 15 is 0 Å². The van der Waals surface area contributed by atoms with Crippen LogP contribution in [-0.2, 0) is 0 Å². The summed E-state index contributed by atoms with van der Waals surface area (Å²) < 4.78 is 11.5. The number of rotatable bonds is 3. The van der Waals surface area contributed by atoms with Crippen molar-refractivity contribution in [3.63, 3.8) is 0 Å². The lowest BCUT2D eigenvalue weighted by Gasteiger charge is -2.07. The maximum atomic E-state index is 6.02. The first kappa shape index (κ1) is 25.1. The molecule has 0 atom stereocenters. The van der Waals surface area contributed by atoms with Crippen molar-refractivity contribution in [1.82, 2.24) is 4.98 Å². The zero-order valence-electron chi connectivity index (χ0n) is 24.0. The minimum absolute atomic E-state index is 0.837. The van der Waals surface area contributed by atoms with Crippen LogP contribution in [0.15, 0.2) is 144 Å². The van der Waals surface area contributed by atoms with Crippen LogP contribution in [0.25, 0.3) is 95.8 Å². The number of hydrogen-bond donors (Lipinski definition) is 0. The first-order valence-electron chi connectivity index (χ1n) is 15.0. The Hall–Kier alpha value is -5.29. The first-order chi connectivity index (χ1) is 22.2. The number of thiophene rings is 2. The minimum atomic E-state index is 0.837. The van der Waals surface area contributed by atoms with Crippen LogP contribution < -0.4 is 0 Å². The number of fused-ring (bicyclic) bond motifs is 8. The van der Waals surface area contributed by atoms with Gasteiger partial charge in [-0.3, -0.25) is 4.98 Å². The van der Waals surface area contributed by atoms with E-state index in [9.17, 15) is 0 Å². The van der Waals surface area contributed by atoms with Gasteiger partial charge in [0.2, 0.25) is 0 Å². The molecule has 0 bridgehead atoms. The zero-order chi connectivity index (χ0) is 29.5. The Kier molecular flexibility index (Phi) is 5.35. The quantitative estimate of drug-likeness (QED) is 0.199. The van der Waals surface area contributed by atoms with Crippen LogP contribution in [0.3, 0.4) is 0 Å². The molecule has 4 heteroatoms. The average Bonchev–Trinajstić information content (AvgIpc) is 3.78. The van der Waals surface area contributed by atoms with E-state index < -0.39 is 0 Å². The van der Waals surface area contributed by atoms with Crippen molar-refractivity contribution in [2.24, 2.45) is 0 Å². The Balaban J connectivity index is 0.972. The number of benzene rings is 6. The Morgan fingerprint density at radius 2 is 1.04 bits per heavy atom. The van der Waals surface area contributed by atoms with Crippen LogP contribution in [0, 0.1) is 0 Å². The summed E-state index contributed by atoms with van der Waals surface area (Å²) in [6.45, 7) is 0. The first-order valence-corrected chi connectivity index (χ1v) is 16.6. The van der Waals surface area contributed by atoms with Crippen molar-refractivity contribution >= 4 is 84.8 Å². The van der Waals surface area contributed by atoms with Crippen molar-refractivity contribution in [3.05, 3.63) is 140 Å². The number of hydrogen-bond acceptors (Lipinski definition) is 4. The van der Waals surface area contributed by atoms with Gasteiger partial charge in [0.1, 0.15) is 11.3 Å². The van der Waals surface area contributed by atoms with Gasteiger partial charge in [-0.05, 0) is 87.3 Å². The Labute approximate surface area is 266 Å². The van der Waals surface area contributed by atoms with Crippen molar-refractivity contribution in [2.75, 3.05) is 0 Å². The molecule has 6 aromatic carbocycles. The average molecular weight is 610 g/mol. The van der Waals surface area contributed by atoms with E-state index in [4.69, 9.17) is 9.40 Å². The van der Waals surface area contributed by atoms with Crippen molar-refractivity contribution in [1.29, 1.82) is 0 Å². The molecule has 0 aliphatic heterocycles. The third kappa shape index (κ3) is 4.03. The molecule has 0 fully saturated rings. The topological polar surface area (TPSA) is 26.0 Å². The Morgan fingerprint density at radius 3 is 1.76 bits per heavy atom. The van der Waals surface area contributed by atoms with Crippen molar-refractivity contribution in [2.45, 2.75) is 0 Å². The molecule has 4 aromatic heterocycles. The van der Waals surface area contributed by atoms with Crippen LogP contribution in [0.5, 0.6) is 0 Å². The summed E-state index contributed by atoms with van der Waals surface area (Å²) in [6.07, 6.45) is 1.89. The predicted molar refractivity (Wildman–Crippen MR) is 194 cm³/mol. The number of furan rings is 1. The van der Waals surface area contributed by atoms with E-state index in [1.54, 1.807) is 0 Å². The van der Waals surface area contributed by atoms with Gasteiger partial charge in [-0.25, -0.2) is 0 Å². The largest absolute Gasteiger partial charge is 0.456 e. The van der Waals surface area contributed by atoms with Crippen LogP contribution in [-0.4, -0.2) is 4.98 Å². The van der Waals surface area contributed by atoms with Gasteiger partial charge in [0.05, 0.1) is 15.1 Å². The molecule has 45 heavy (non-hydrogen) atoms. The molecular weight excluding hydrogens is 587 g/mol. The lowest BCUT2D eigenvalue weighted by molar-refractivity contribution is 0.631. The highest BCUT2D eigenvalue weighted by Crippen LogP contribution is 2.46. The Morgan fingerprint density at radius 1 is 0.444 bits per heavy atom. The molecule has 0 spiro atoms. The van der Waals surface area contributed by atoms with Gasteiger partial charge in [0.15, 0.2) is 0 Å². The summed E-state index contributed by atoms with van der Waals surface area (Å²) in [5, 5.41) is 9.00. The van der Waals surface area contributed by atoms with Gasteiger partial charge in [0.25, 0.3) is 0 Å². The standard InChI is InChI=1S/C41H23NOS2/c1-2-6-27-21-38-33(18-26(27)5-1)40-41(44-38)34-19-29-14-13-28(17-32(29)22-39(34)45-40)24-9-11-25(12-10-24)35-16-15-31(23-42-35)37-20-30-7-3-4-8-36(30)43-37/h1-23H. The summed E-state index contributed by atoms with van der Waals surface area (Å²) in [6, 6.07) is 48.0. The molecule has 0 unspecified atom stereocenters. The van der Waals surface area contributed by atoms with Crippen molar-refractivity contribution < 1.29 is 4.42 Å². The monoisotopic (exact) mass is 609 g/mol. The zero-order valence-corrected chi connectivity index (χ0v) is 25.6. The predicted octanol–water partition coefficient (Wildman–Crippen LogP) is 12.7. The minimum Gasteiger partial charge on any atom is -0.456 e. The third-order valence-corrected chi connectivity index (χ3v) is 11.4. The number of pyridine rings is 1. The fourth-order valence-electron chi connectivity index (χ4n) is 6.53. The highest BCUT2D eigenvalue weighted by atomic mass is 32.1. The third-order valence-electron chi connectivity index (χ3n) is 8.89. The van der Waals surface area contributed by atoms with E-state index in [-0.39, 0.29) is 0 Å². The molecule has 210 valence electrons. The fraction of sp³-hybridized carbons (Fsp3) is 0. The molecule has 10 aromatic rings. The summed E-state index contributed by atoms with van der Waals surface area (Å²) in [7, 11) is 0. The number of aromatic nitrogens is 1. The highest BCUT2D eigenvalue weighted by Gasteiger charge is 2.14. The van der Waals surface area contributed by atoms with Crippen molar-refractivity contribution in [3.8, 4) is 33.7 Å². The highest BCUT2D eigenvalue weighted by molar-refractivity contribution is 7.36.